The van der Waals surface area contributed by atoms with Crippen LogP contribution in [-0.4, -0.2) is 37.6 Å². The van der Waals surface area contributed by atoms with E-state index in [1.54, 1.807) is 7.05 Å². The maximum Gasteiger partial charge on any atom is 0.429 e. The van der Waals surface area contributed by atoms with Gasteiger partial charge in [0.15, 0.2) is 5.69 Å². The van der Waals surface area contributed by atoms with Crippen LogP contribution in [-0.2, 0) is 11.2 Å². The van der Waals surface area contributed by atoms with Gasteiger partial charge in [-0.05, 0) is 48.9 Å². The number of quaternary nitrogens is 1. The van der Waals surface area contributed by atoms with E-state index in [2.05, 4.69) is 24.5 Å². The molecule has 170 valence electrons. The van der Waals surface area contributed by atoms with Gasteiger partial charge >= 0.3 is 11.9 Å². The molecule has 1 atom stereocenters. The Bertz CT molecular complexity index is 994. The number of benzene rings is 2. The largest absolute Gasteiger partial charge is 0.429 e. The van der Waals surface area contributed by atoms with Crippen LogP contribution in [0.1, 0.15) is 51.5 Å². The number of rotatable bonds is 6. The molecule has 3 amide bonds. The molecule has 4 rings (SSSR count). The van der Waals surface area contributed by atoms with Crippen LogP contribution in [0.2, 0.25) is 0 Å². The molecule has 1 unspecified atom stereocenters. The lowest BCUT2D eigenvalue weighted by atomic mass is 9.97. The van der Waals surface area contributed by atoms with E-state index in [-0.39, 0.29) is 28.4 Å². The maximum atomic E-state index is 13.9. The Morgan fingerprint density at radius 2 is 1.69 bits per heavy atom. The fraction of sp³-hybridized carbons (Fsp3) is 0.481. The van der Waals surface area contributed by atoms with Gasteiger partial charge in [0, 0.05) is 18.2 Å². The quantitative estimate of drug-likeness (QED) is 0.495. The highest BCUT2D eigenvalue weighted by Crippen LogP contribution is 2.40. The standard InChI is InChI=1S/C27H35N3O2/c1-20(2)14-17-28-19-27(15-8-9-16-27)29-26(32)30(3)24-13-7-6-12-23(24)22-11-5-4-10-21(22)18-25(30)31/h4-7,10-13,20,28H,8-9,14-19H2,1-3H3/p+1. The number of carbonyl (C=O) groups excluding carboxylic acids is 2. The van der Waals surface area contributed by atoms with Crippen LogP contribution in [0.4, 0.5) is 10.5 Å². The lowest BCUT2D eigenvalue weighted by Crippen LogP contribution is -2.65. The highest BCUT2D eigenvalue weighted by molar-refractivity contribution is 6.12. The van der Waals surface area contributed by atoms with E-state index in [0.29, 0.717) is 5.92 Å². The van der Waals surface area contributed by atoms with Crippen molar-refractivity contribution in [1.82, 2.24) is 15.1 Å². The Balaban J connectivity index is 1.64. The zero-order chi connectivity index (χ0) is 22.8. The van der Waals surface area contributed by atoms with Crippen molar-refractivity contribution in [3.05, 3.63) is 54.1 Å². The van der Waals surface area contributed by atoms with Crippen molar-refractivity contribution in [2.24, 2.45) is 5.92 Å². The average Bonchev–Trinajstić information content (AvgIpc) is 3.21. The second kappa shape index (κ2) is 9.16. The SMILES string of the molecule is CC(C)CCNCC1(NC(=O)[N+]2(C)C(=O)Cc3ccccc3-c3ccccc32)CCCC1. The number of imide groups is 1. The Kier molecular flexibility index (Phi) is 6.50. The molecule has 0 spiro atoms. The smallest absolute Gasteiger partial charge is 0.314 e. The molecule has 0 aromatic heterocycles. The number of nitrogens with one attached hydrogen (secondary N) is 2. The van der Waals surface area contributed by atoms with Crippen molar-refractivity contribution >= 4 is 17.6 Å². The van der Waals surface area contributed by atoms with Gasteiger partial charge in [0.2, 0.25) is 0 Å². The molecule has 1 saturated carbocycles. The highest BCUT2D eigenvalue weighted by Gasteiger charge is 2.49. The van der Waals surface area contributed by atoms with Crippen LogP contribution in [0.15, 0.2) is 48.5 Å². The molecular weight excluding hydrogens is 398 g/mol. The number of carbonyl (C=O) groups is 2. The third-order valence-corrected chi connectivity index (χ3v) is 7.23. The van der Waals surface area contributed by atoms with Crippen LogP contribution >= 0.6 is 0 Å². The highest BCUT2D eigenvalue weighted by atomic mass is 16.2. The monoisotopic (exact) mass is 434 g/mol. The summed E-state index contributed by atoms with van der Waals surface area (Å²) in [6, 6.07) is 15.6. The summed E-state index contributed by atoms with van der Waals surface area (Å²) < 4.78 is -0.349. The number of nitrogens with zero attached hydrogens (tertiary/aromatic N) is 1. The Morgan fingerprint density at radius 1 is 1.03 bits per heavy atom. The molecule has 2 aromatic rings. The van der Waals surface area contributed by atoms with Crippen molar-refractivity contribution in [3.8, 4) is 11.1 Å². The number of fused-ring (bicyclic) bond motifs is 3. The lowest BCUT2D eigenvalue weighted by molar-refractivity contribution is -0.126. The van der Waals surface area contributed by atoms with Crippen molar-refractivity contribution in [1.29, 1.82) is 0 Å². The molecule has 0 radical (unpaired) electrons. The van der Waals surface area contributed by atoms with Gasteiger partial charge in [-0.25, -0.2) is 9.59 Å². The summed E-state index contributed by atoms with van der Waals surface area (Å²) in [5, 5.41) is 6.94. The van der Waals surface area contributed by atoms with Crippen LogP contribution in [0.5, 0.6) is 0 Å². The van der Waals surface area contributed by atoms with E-state index >= 15 is 0 Å². The summed E-state index contributed by atoms with van der Waals surface area (Å²) >= 11 is 0. The van der Waals surface area contributed by atoms with Crippen LogP contribution in [0, 0.1) is 5.92 Å². The summed E-state index contributed by atoms with van der Waals surface area (Å²) in [6.07, 6.45) is 5.46. The van der Waals surface area contributed by atoms with Crippen LogP contribution in [0.3, 0.4) is 0 Å². The molecule has 1 aliphatic carbocycles. The Hall–Kier alpha value is -2.50. The van der Waals surface area contributed by atoms with Gasteiger partial charge in [-0.1, -0.05) is 63.1 Å². The topological polar surface area (TPSA) is 58.2 Å². The zero-order valence-electron chi connectivity index (χ0n) is 19.6. The van der Waals surface area contributed by atoms with E-state index in [4.69, 9.17) is 0 Å². The number of hydrogen-bond donors (Lipinski definition) is 2. The molecular formula is C27H36N3O2+. The molecule has 1 fully saturated rings. The summed E-state index contributed by atoms with van der Waals surface area (Å²) in [5.74, 6) is 0.551. The van der Waals surface area contributed by atoms with E-state index in [1.807, 2.05) is 48.5 Å². The van der Waals surface area contributed by atoms with Gasteiger partial charge in [0.05, 0.1) is 19.0 Å². The lowest BCUT2D eigenvalue weighted by Gasteiger charge is -2.35. The van der Waals surface area contributed by atoms with Gasteiger partial charge in [-0.15, -0.1) is 4.48 Å². The second-order valence-corrected chi connectivity index (χ2v) is 10.0. The van der Waals surface area contributed by atoms with Gasteiger partial charge in [0.25, 0.3) is 0 Å². The normalized spacial score (nSPS) is 21.7. The van der Waals surface area contributed by atoms with Crippen molar-refractivity contribution < 1.29 is 9.59 Å². The number of hydrogen-bond acceptors (Lipinski definition) is 3. The maximum absolute atomic E-state index is 13.9. The molecule has 1 heterocycles. The van der Waals surface area contributed by atoms with E-state index < -0.39 is 0 Å². The summed E-state index contributed by atoms with van der Waals surface area (Å²) in [5.41, 5.74) is 3.44. The minimum absolute atomic E-state index is 0.0965. The van der Waals surface area contributed by atoms with Crippen LogP contribution < -0.4 is 15.1 Å². The van der Waals surface area contributed by atoms with Gasteiger partial charge in [-0.2, -0.15) is 0 Å². The third kappa shape index (κ3) is 4.24. The molecule has 2 N–H and O–H groups in total. The molecule has 32 heavy (non-hydrogen) atoms. The number of likely N-dealkylation sites (N-methyl/N-ethyl adjacent to an activating group) is 1. The fourth-order valence-corrected chi connectivity index (χ4v) is 5.16. The first-order valence-corrected chi connectivity index (χ1v) is 12.0. The molecule has 5 nitrogen and oxygen atoms in total. The molecule has 0 bridgehead atoms. The molecule has 2 aromatic carbocycles. The van der Waals surface area contributed by atoms with Gasteiger partial charge in [0.1, 0.15) is 0 Å². The molecule has 2 aliphatic rings. The summed E-state index contributed by atoms with van der Waals surface area (Å²) in [6.45, 7) is 6.14. The first kappa shape index (κ1) is 22.7. The Labute approximate surface area is 191 Å². The first-order valence-electron chi connectivity index (χ1n) is 12.0. The molecule has 1 aliphatic heterocycles. The molecule has 5 heteroatoms. The summed E-state index contributed by atoms with van der Waals surface area (Å²) in [4.78, 5) is 27.5. The predicted molar refractivity (Wildman–Crippen MR) is 130 cm³/mol. The van der Waals surface area contributed by atoms with Crippen molar-refractivity contribution in [2.45, 2.75) is 57.9 Å². The third-order valence-electron chi connectivity index (χ3n) is 7.23. The number of amides is 3. The fourth-order valence-electron chi connectivity index (χ4n) is 5.16. The van der Waals surface area contributed by atoms with Gasteiger partial charge in [-0.3, -0.25) is 5.32 Å². The van der Waals surface area contributed by atoms with Crippen molar-refractivity contribution in [3.63, 3.8) is 0 Å². The minimum atomic E-state index is -0.349. The Morgan fingerprint density at radius 3 is 2.41 bits per heavy atom. The van der Waals surface area contributed by atoms with Crippen molar-refractivity contribution in [2.75, 3.05) is 20.1 Å². The second-order valence-electron chi connectivity index (χ2n) is 10.0. The van der Waals surface area contributed by atoms with Gasteiger partial charge < -0.3 is 5.32 Å². The minimum Gasteiger partial charge on any atom is -0.314 e. The number of urea groups is 1. The number of para-hydroxylation sites is 1. The molecule has 0 saturated heterocycles. The average molecular weight is 435 g/mol. The van der Waals surface area contributed by atoms with E-state index in [9.17, 15) is 9.59 Å². The van der Waals surface area contributed by atoms with Crippen LogP contribution in [0.25, 0.3) is 11.1 Å². The summed E-state index contributed by atoms with van der Waals surface area (Å²) in [7, 11) is 1.76. The first-order chi connectivity index (χ1) is 15.4. The predicted octanol–water partition coefficient (Wildman–Crippen LogP) is 5.03. The van der Waals surface area contributed by atoms with E-state index in [1.165, 1.54) is 0 Å². The van der Waals surface area contributed by atoms with E-state index in [0.717, 1.165) is 67.6 Å². The zero-order valence-corrected chi connectivity index (χ0v) is 19.6.